The molecule has 0 spiro atoms. The molecule has 1 aliphatic rings. The van der Waals surface area contributed by atoms with Crippen LogP contribution in [0.5, 0.6) is 0 Å². The maximum Gasteiger partial charge on any atom is 0.339 e. The zero-order chi connectivity index (χ0) is 13.7. The third-order valence-electron chi connectivity index (χ3n) is 3.05. The monoisotopic (exact) mass is 331 g/mol. The van der Waals surface area contributed by atoms with Crippen molar-refractivity contribution in [3.05, 3.63) is 27.6 Å². The van der Waals surface area contributed by atoms with Crippen molar-refractivity contribution < 1.29 is 18.7 Å². The van der Waals surface area contributed by atoms with Crippen molar-refractivity contribution in [2.45, 2.75) is 25.2 Å². The fraction of sp³-hybridized carbons (Fsp3) is 0.364. The van der Waals surface area contributed by atoms with E-state index in [4.69, 9.17) is 5.11 Å². The Balaban J connectivity index is 2.33. The van der Waals surface area contributed by atoms with E-state index >= 15 is 0 Å². The summed E-state index contributed by atoms with van der Waals surface area (Å²) in [5, 5.41) is 13.0. The van der Waals surface area contributed by atoms with E-state index in [0.29, 0.717) is 5.69 Å². The molecule has 0 bridgehead atoms. The second-order valence-electron chi connectivity index (χ2n) is 4.37. The van der Waals surface area contributed by atoms with Crippen molar-refractivity contribution in [1.82, 2.24) is 14.6 Å². The van der Waals surface area contributed by atoms with Crippen molar-refractivity contribution in [1.29, 1.82) is 0 Å². The molecule has 0 atom stereocenters. The molecule has 2 aromatic rings. The van der Waals surface area contributed by atoms with E-state index in [1.54, 1.807) is 0 Å². The van der Waals surface area contributed by atoms with Gasteiger partial charge in [-0.2, -0.15) is 5.10 Å². The number of halogens is 3. The molecule has 100 valence electrons. The number of carboxylic acids is 1. The van der Waals surface area contributed by atoms with Crippen LogP contribution < -0.4 is 0 Å². The quantitative estimate of drug-likeness (QED) is 0.938. The first kappa shape index (κ1) is 12.5. The van der Waals surface area contributed by atoms with Gasteiger partial charge in [0.15, 0.2) is 5.65 Å². The van der Waals surface area contributed by atoms with E-state index in [0.717, 1.165) is 12.8 Å². The minimum atomic E-state index is -2.74. The fourth-order valence-electron chi connectivity index (χ4n) is 2.05. The van der Waals surface area contributed by atoms with Gasteiger partial charge in [-0.3, -0.25) is 0 Å². The summed E-state index contributed by atoms with van der Waals surface area (Å²) < 4.78 is 27.0. The molecule has 19 heavy (non-hydrogen) atoms. The number of carboxylic acid groups (broad SMARTS) is 1. The second kappa shape index (κ2) is 4.22. The van der Waals surface area contributed by atoms with Crippen molar-refractivity contribution in [3.8, 4) is 0 Å². The molecule has 1 fully saturated rings. The van der Waals surface area contributed by atoms with Gasteiger partial charge in [0, 0.05) is 12.1 Å². The number of fused-ring (bicyclic) bond motifs is 1. The summed E-state index contributed by atoms with van der Waals surface area (Å²) in [6, 6.07) is 0. The molecule has 3 rings (SSSR count). The Morgan fingerprint density at radius 1 is 1.53 bits per heavy atom. The Kier molecular flexibility index (Phi) is 2.77. The lowest BCUT2D eigenvalue weighted by atomic mass is 10.1. The molecule has 1 N–H and O–H groups in total. The molecule has 0 saturated heterocycles. The van der Waals surface area contributed by atoms with Gasteiger partial charge >= 0.3 is 5.97 Å². The van der Waals surface area contributed by atoms with Crippen molar-refractivity contribution in [2.24, 2.45) is 0 Å². The number of aromatic nitrogens is 3. The molecule has 2 aromatic heterocycles. The van der Waals surface area contributed by atoms with Gasteiger partial charge in [-0.1, -0.05) is 0 Å². The number of alkyl halides is 2. The van der Waals surface area contributed by atoms with Crippen LogP contribution in [-0.2, 0) is 0 Å². The predicted molar refractivity (Wildman–Crippen MR) is 64.6 cm³/mol. The molecule has 1 aliphatic carbocycles. The van der Waals surface area contributed by atoms with Crippen molar-refractivity contribution in [3.63, 3.8) is 0 Å². The van der Waals surface area contributed by atoms with Gasteiger partial charge in [0.05, 0.1) is 15.7 Å². The van der Waals surface area contributed by atoms with E-state index in [2.05, 4.69) is 26.0 Å². The number of aromatic carboxylic acids is 1. The summed E-state index contributed by atoms with van der Waals surface area (Å²) in [6.07, 6.45) is 0.130. The first-order valence-electron chi connectivity index (χ1n) is 5.59. The Morgan fingerprint density at radius 3 is 2.74 bits per heavy atom. The van der Waals surface area contributed by atoms with Gasteiger partial charge in [-0.25, -0.2) is 23.1 Å². The first-order chi connectivity index (χ1) is 9.00. The summed E-state index contributed by atoms with van der Waals surface area (Å²) in [5.74, 6) is -1.07. The van der Waals surface area contributed by atoms with Crippen LogP contribution in [0.1, 0.15) is 46.9 Å². The zero-order valence-electron chi connectivity index (χ0n) is 9.48. The highest BCUT2D eigenvalue weighted by Crippen LogP contribution is 2.42. The summed E-state index contributed by atoms with van der Waals surface area (Å²) in [7, 11) is 0. The molecular formula is C11H8BrF2N3O2. The fourth-order valence-corrected chi connectivity index (χ4v) is 2.57. The number of hydrogen-bond acceptors (Lipinski definition) is 3. The lowest BCUT2D eigenvalue weighted by Crippen LogP contribution is -2.09. The Hall–Kier alpha value is -1.57. The largest absolute Gasteiger partial charge is 0.478 e. The average molecular weight is 332 g/mol. The van der Waals surface area contributed by atoms with Crippen LogP contribution in [0.25, 0.3) is 5.65 Å². The average Bonchev–Trinajstić information content (AvgIpc) is 3.12. The Labute approximate surface area is 114 Å². The third kappa shape index (κ3) is 1.90. The third-order valence-corrected chi connectivity index (χ3v) is 3.81. The van der Waals surface area contributed by atoms with Gasteiger partial charge in [0.25, 0.3) is 6.43 Å². The summed E-state index contributed by atoms with van der Waals surface area (Å²) in [6.45, 7) is 0. The van der Waals surface area contributed by atoms with Gasteiger partial charge < -0.3 is 5.11 Å². The normalized spacial score (nSPS) is 15.4. The molecule has 0 radical (unpaired) electrons. The highest BCUT2D eigenvalue weighted by atomic mass is 79.9. The molecule has 2 heterocycles. The molecule has 0 unspecified atom stereocenters. The van der Waals surface area contributed by atoms with Crippen LogP contribution >= 0.6 is 15.9 Å². The van der Waals surface area contributed by atoms with E-state index in [1.165, 1.54) is 10.7 Å². The van der Waals surface area contributed by atoms with Gasteiger partial charge in [-0.15, -0.1) is 0 Å². The lowest BCUT2D eigenvalue weighted by molar-refractivity contribution is 0.0694. The van der Waals surface area contributed by atoms with Crippen LogP contribution in [0.2, 0.25) is 0 Å². The van der Waals surface area contributed by atoms with E-state index in [1.807, 2.05) is 0 Å². The van der Waals surface area contributed by atoms with Crippen LogP contribution in [0.15, 0.2) is 10.7 Å². The molecular weight excluding hydrogens is 324 g/mol. The van der Waals surface area contributed by atoms with E-state index in [9.17, 15) is 13.6 Å². The van der Waals surface area contributed by atoms with Crippen molar-refractivity contribution in [2.75, 3.05) is 0 Å². The van der Waals surface area contributed by atoms with Crippen LogP contribution in [0.3, 0.4) is 0 Å². The van der Waals surface area contributed by atoms with Gasteiger partial charge in [-0.05, 0) is 28.8 Å². The molecule has 8 heteroatoms. The maximum atomic E-state index is 12.8. The summed E-state index contributed by atoms with van der Waals surface area (Å²) in [5.41, 5.74) is 0.273. The standard InChI is InChI=1S/C11H8BrF2N3O2/c12-6-7(9(13)14)16-17-8(4-1-2-4)5(11(18)19)3-15-10(6)17/h3-4,9H,1-2H2,(H,18,19). The minimum Gasteiger partial charge on any atom is -0.478 e. The van der Waals surface area contributed by atoms with E-state index < -0.39 is 18.1 Å². The molecule has 0 aromatic carbocycles. The maximum absolute atomic E-state index is 12.8. The Morgan fingerprint density at radius 2 is 2.21 bits per heavy atom. The Bertz CT molecular complexity index is 682. The van der Waals surface area contributed by atoms with Crippen LogP contribution in [-0.4, -0.2) is 25.7 Å². The molecule has 1 saturated carbocycles. The highest BCUT2D eigenvalue weighted by Gasteiger charge is 2.33. The topological polar surface area (TPSA) is 67.5 Å². The highest BCUT2D eigenvalue weighted by molar-refractivity contribution is 9.10. The summed E-state index contributed by atoms with van der Waals surface area (Å²) in [4.78, 5) is 15.1. The minimum absolute atomic E-state index is 0.0193. The number of hydrogen-bond donors (Lipinski definition) is 1. The predicted octanol–water partition coefficient (Wildman–Crippen LogP) is 3.01. The van der Waals surface area contributed by atoms with Gasteiger partial charge in [0.2, 0.25) is 0 Å². The van der Waals surface area contributed by atoms with Gasteiger partial charge in [0.1, 0.15) is 5.69 Å². The number of carbonyl (C=O) groups is 1. The zero-order valence-corrected chi connectivity index (χ0v) is 11.1. The smallest absolute Gasteiger partial charge is 0.339 e. The SMILES string of the molecule is O=C(O)c1cnc2c(Br)c(C(F)F)nn2c1C1CC1. The molecule has 0 aliphatic heterocycles. The van der Waals surface area contributed by atoms with Crippen LogP contribution in [0.4, 0.5) is 8.78 Å². The van der Waals surface area contributed by atoms with Crippen molar-refractivity contribution >= 4 is 27.5 Å². The number of nitrogens with zero attached hydrogens (tertiary/aromatic N) is 3. The second-order valence-corrected chi connectivity index (χ2v) is 5.16. The first-order valence-corrected chi connectivity index (χ1v) is 6.38. The van der Waals surface area contributed by atoms with E-state index in [-0.39, 0.29) is 21.6 Å². The summed E-state index contributed by atoms with van der Waals surface area (Å²) >= 11 is 3.04. The molecule has 0 amide bonds. The van der Waals surface area contributed by atoms with Crippen LogP contribution in [0, 0.1) is 0 Å². The molecule has 5 nitrogen and oxygen atoms in total. The number of rotatable bonds is 3. The lowest BCUT2D eigenvalue weighted by Gasteiger charge is -2.06.